The number of aryl methyl sites for hydroxylation is 1. The third kappa shape index (κ3) is 1.70. The molecule has 1 N–H and O–H groups in total. The molecule has 19 heavy (non-hydrogen) atoms. The van der Waals surface area contributed by atoms with E-state index in [1.165, 1.54) is 35.4 Å². The third-order valence-corrected chi connectivity index (χ3v) is 6.09. The molecular formula is C17H19NS. The van der Waals surface area contributed by atoms with Crippen LogP contribution in [-0.4, -0.2) is 6.54 Å². The predicted molar refractivity (Wildman–Crippen MR) is 81.8 cm³/mol. The molecule has 1 aliphatic heterocycles. The SMILES string of the molecule is Cc1ccccc1-c1cc2c(s1)C(C)NCC21CC1. The van der Waals surface area contributed by atoms with Gasteiger partial charge in [0.05, 0.1) is 0 Å². The zero-order chi connectivity index (χ0) is 13.0. The summed E-state index contributed by atoms with van der Waals surface area (Å²) in [6.45, 7) is 5.68. The minimum atomic E-state index is 0.485. The molecule has 2 heteroatoms. The van der Waals surface area contributed by atoms with Crippen LogP contribution in [0.3, 0.4) is 0 Å². The smallest absolute Gasteiger partial charge is 0.0389 e. The predicted octanol–water partition coefficient (Wildman–Crippen LogP) is 4.42. The van der Waals surface area contributed by atoms with Crippen LogP contribution in [0.15, 0.2) is 30.3 Å². The van der Waals surface area contributed by atoms with Gasteiger partial charge >= 0.3 is 0 Å². The van der Waals surface area contributed by atoms with Crippen molar-refractivity contribution in [3.63, 3.8) is 0 Å². The van der Waals surface area contributed by atoms with Crippen molar-refractivity contribution in [3.8, 4) is 10.4 Å². The Kier molecular flexibility index (Phi) is 2.42. The summed E-state index contributed by atoms with van der Waals surface area (Å²) in [5.74, 6) is 0. The first-order valence-electron chi connectivity index (χ1n) is 7.13. The van der Waals surface area contributed by atoms with Gasteiger partial charge in [-0.3, -0.25) is 0 Å². The lowest BCUT2D eigenvalue weighted by molar-refractivity contribution is 0.475. The highest BCUT2D eigenvalue weighted by molar-refractivity contribution is 7.15. The Labute approximate surface area is 118 Å². The van der Waals surface area contributed by atoms with E-state index in [4.69, 9.17) is 0 Å². The second-order valence-electron chi connectivity index (χ2n) is 6.09. The Bertz CT molecular complexity index is 636. The maximum atomic E-state index is 3.68. The molecule has 0 radical (unpaired) electrons. The van der Waals surface area contributed by atoms with Crippen LogP contribution in [0.4, 0.5) is 0 Å². The van der Waals surface area contributed by atoms with E-state index in [1.54, 1.807) is 10.4 Å². The van der Waals surface area contributed by atoms with Crippen LogP contribution in [0.25, 0.3) is 10.4 Å². The lowest BCUT2D eigenvalue weighted by Gasteiger charge is -2.27. The van der Waals surface area contributed by atoms with Crippen LogP contribution in [-0.2, 0) is 5.41 Å². The van der Waals surface area contributed by atoms with Gasteiger partial charge in [-0.05, 0) is 49.4 Å². The third-order valence-electron chi connectivity index (χ3n) is 4.74. The maximum absolute atomic E-state index is 3.68. The van der Waals surface area contributed by atoms with Gasteiger partial charge in [-0.25, -0.2) is 0 Å². The molecule has 0 bridgehead atoms. The number of fused-ring (bicyclic) bond motifs is 2. The summed E-state index contributed by atoms with van der Waals surface area (Å²) >= 11 is 1.99. The summed E-state index contributed by atoms with van der Waals surface area (Å²) in [4.78, 5) is 3.02. The van der Waals surface area contributed by atoms with Crippen molar-refractivity contribution < 1.29 is 0 Å². The number of hydrogen-bond donors (Lipinski definition) is 1. The van der Waals surface area contributed by atoms with E-state index in [1.807, 2.05) is 11.3 Å². The van der Waals surface area contributed by atoms with Gasteiger partial charge in [-0.15, -0.1) is 11.3 Å². The van der Waals surface area contributed by atoms with Crippen LogP contribution >= 0.6 is 11.3 Å². The molecule has 2 heterocycles. The molecule has 4 rings (SSSR count). The molecule has 98 valence electrons. The van der Waals surface area contributed by atoms with Crippen LogP contribution in [0.5, 0.6) is 0 Å². The molecule has 1 aromatic carbocycles. The minimum Gasteiger partial charge on any atom is -0.309 e. The van der Waals surface area contributed by atoms with Crippen molar-refractivity contribution in [2.24, 2.45) is 0 Å². The van der Waals surface area contributed by atoms with Gasteiger partial charge in [0.1, 0.15) is 0 Å². The van der Waals surface area contributed by atoms with Gasteiger partial charge in [0, 0.05) is 27.8 Å². The number of rotatable bonds is 1. The van der Waals surface area contributed by atoms with E-state index in [-0.39, 0.29) is 0 Å². The Hall–Kier alpha value is -1.12. The standard InChI is InChI=1S/C17H19NS/c1-11-5-3-4-6-13(11)15-9-14-16(19-15)12(2)18-10-17(14)7-8-17/h3-6,9,12,18H,7-8,10H2,1-2H3. The van der Waals surface area contributed by atoms with Crippen molar-refractivity contribution in [2.75, 3.05) is 6.54 Å². The molecule has 1 aromatic heterocycles. The van der Waals surface area contributed by atoms with E-state index >= 15 is 0 Å². The molecule has 2 aromatic rings. The molecule has 0 amide bonds. The molecule has 0 saturated heterocycles. The quantitative estimate of drug-likeness (QED) is 0.808. The average Bonchev–Trinajstić information content (AvgIpc) is 3.04. The molecular weight excluding hydrogens is 250 g/mol. The summed E-state index contributed by atoms with van der Waals surface area (Å²) in [5.41, 5.74) is 4.91. The van der Waals surface area contributed by atoms with Gasteiger partial charge in [0.15, 0.2) is 0 Å². The van der Waals surface area contributed by atoms with Crippen molar-refractivity contribution >= 4 is 11.3 Å². The lowest BCUT2D eigenvalue weighted by Crippen LogP contribution is -2.34. The second-order valence-corrected chi connectivity index (χ2v) is 7.17. The summed E-state index contributed by atoms with van der Waals surface area (Å²) < 4.78 is 0. The van der Waals surface area contributed by atoms with Crippen LogP contribution < -0.4 is 5.32 Å². The summed E-state index contributed by atoms with van der Waals surface area (Å²) in [6, 6.07) is 11.7. The van der Waals surface area contributed by atoms with Gasteiger partial charge in [0.25, 0.3) is 0 Å². The first-order valence-corrected chi connectivity index (χ1v) is 7.95. The molecule has 1 unspecified atom stereocenters. The molecule has 1 saturated carbocycles. The number of thiophene rings is 1. The molecule has 1 nitrogen and oxygen atoms in total. The zero-order valence-electron chi connectivity index (χ0n) is 11.5. The van der Waals surface area contributed by atoms with Gasteiger partial charge < -0.3 is 5.32 Å². The Balaban J connectivity index is 1.86. The van der Waals surface area contributed by atoms with Gasteiger partial charge in [-0.1, -0.05) is 24.3 Å². The lowest BCUT2D eigenvalue weighted by atomic mass is 9.90. The Morgan fingerprint density at radius 1 is 1.26 bits per heavy atom. The normalized spacial score (nSPS) is 23.4. The molecule has 1 aliphatic carbocycles. The number of hydrogen-bond acceptors (Lipinski definition) is 2. The molecule has 1 spiro atoms. The van der Waals surface area contributed by atoms with E-state index < -0.39 is 0 Å². The first kappa shape index (κ1) is 11.7. The van der Waals surface area contributed by atoms with E-state index in [2.05, 4.69) is 49.5 Å². The van der Waals surface area contributed by atoms with Crippen molar-refractivity contribution in [1.29, 1.82) is 0 Å². The fourth-order valence-corrected chi connectivity index (χ4v) is 4.65. The molecule has 1 atom stereocenters. The van der Waals surface area contributed by atoms with Crippen LogP contribution in [0, 0.1) is 6.92 Å². The highest BCUT2D eigenvalue weighted by atomic mass is 32.1. The average molecular weight is 269 g/mol. The van der Waals surface area contributed by atoms with Crippen molar-refractivity contribution in [3.05, 3.63) is 46.3 Å². The Morgan fingerprint density at radius 3 is 2.79 bits per heavy atom. The van der Waals surface area contributed by atoms with Crippen LogP contribution in [0.1, 0.15) is 41.8 Å². The van der Waals surface area contributed by atoms with E-state index in [9.17, 15) is 0 Å². The first-order chi connectivity index (χ1) is 9.20. The fourth-order valence-electron chi connectivity index (χ4n) is 3.26. The topological polar surface area (TPSA) is 12.0 Å². The minimum absolute atomic E-state index is 0.485. The summed E-state index contributed by atoms with van der Waals surface area (Å²) in [5, 5.41) is 3.68. The van der Waals surface area contributed by atoms with E-state index in [0.29, 0.717) is 11.5 Å². The monoisotopic (exact) mass is 269 g/mol. The summed E-state index contributed by atoms with van der Waals surface area (Å²) in [7, 11) is 0. The van der Waals surface area contributed by atoms with Crippen LogP contribution in [0.2, 0.25) is 0 Å². The Morgan fingerprint density at radius 2 is 2.05 bits per heavy atom. The van der Waals surface area contributed by atoms with E-state index in [0.717, 1.165) is 0 Å². The summed E-state index contributed by atoms with van der Waals surface area (Å²) in [6.07, 6.45) is 2.73. The van der Waals surface area contributed by atoms with Gasteiger partial charge in [0.2, 0.25) is 0 Å². The molecule has 1 fully saturated rings. The second kappa shape index (κ2) is 3.94. The highest BCUT2D eigenvalue weighted by Crippen LogP contribution is 2.55. The maximum Gasteiger partial charge on any atom is 0.0389 e. The highest BCUT2D eigenvalue weighted by Gasteiger charge is 2.49. The largest absolute Gasteiger partial charge is 0.309 e. The number of benzene rings is 1. The number of nitrogens with one attached hydrogen (secondary N) is 1. The zero-order valence-corrected chi connectivity index (χ0v) is 12.3. The fraction of sp³-hybridized carbons (Fsp3) is 0.412. The van der Waals surface area contributed by atoms with Gasteiger partial charge in [-0.2, -0.15) is 0 Å². The van der Waals surface area contributed by atoms with Crippen molar-refractivity contribution in [2.45, 2.75) is 38.1 Å². The van der Waals surface area contributed by atoms with Crippen molar-refractivity contribution in [1.82, 2.24) is 5.32 Å². The molecule has 2 aliphatic rings.